The first-order valence-electron chi connectivity index (χ1n) is 7.29. The van der Waals surface area contributed by atoms with E-state index in [1.54, 1.807) is 6.92 Å². The molecule has 0 saturated carbocycles. The molecular weight excluding hydrogens is 329 g/mol. The van der Waals surface area contributed by atoms with Gasteiger partial charge in [-0.15, -0.1) is 10.2 Å². The van der Waals surface area contributed by atoms with E-state index in [0.717, 1.165) is 0 Å². The summed E-state index contributed by atoms with van der Waals surface area (Å²) in [5, 5.41) is 16.3. The van der Waals surface area contributed by atoms with Gasteiger partial charge >= 0.3 is 12.2 Å². The zero-order valence-corrected chi connectivity index (χ0v) is 12.7. The lowest BCUT2D eigenvalue weighted by Gasteiger charge is -2.26. The number of aromatic nitrogens is 4. The number of carbonyl (C=O) groups excluding carboxylic acids is 1. The summed E-state index contributed by atoms with van der Waals surface area (Å²) in [7, 11) is 0. The number of fused-ring (bicyclic) bond motifs is 1. The molecule has 130 valence electrons. The Kier molecular flexibility index (Phi) is 4.16. The van der Waals surface area contributed by atoms with Crippen LogP contribution < -0.4 is 10.6 Å². The fourth-order valence-corrected chi connectivity index (χ4v) is 2.53. The van der Waals surface area contributed by atoms with E-state index in [1.807, 2.05) is 0 Å². The second-order valence-corrected chi connectivity index (χ2v) is 5.55. The van der Waals surface area contributed by atoms with E-state index in [4.69, 9.17) is 4.52 Å². The monoisotopic (exact) mass is 344 g/mol. The summed E-state index contributed by atoms with van der Waals surface area (Å²) >= 11 is 0. The van der Waals surface area contributed by atoms with E-state index >= 15 is 0 Å². The Morgan fingerprint density at radius 3 is 2.92 bits per heavy atom. The lowest BCUT2D eigenvalue weighted by atomic mass is 9.99. The van der Waals surface area contributed by atoms with Crippen LogP contribution in [-0.2, 0) is 19.5 Å². The van der Waals surface area contributed by atoms with Gasteiger partial charge in [0.05, 0.1) is 12.5 Å². The van der Waals surface area contributed by atoms with Crippen molar-refractivity contribution in [3.05, 3.63) is 23.5 Å². The molecule has 0 radical (unpaired) electrons. The number of amides is 2. The van der Waals surface area contributed by atoms with Gasteiger partial charge in [0.1, 0.15) is 11.6 Å². The van der Waals surface area contributed by atoms with Crippen molar-refractivity contribution in [3.63, 3.8) is 0 Å². The molecule has 1 aliphatic heterocycles. The Labute approximate surface area is 134 Å². The third kappa shape index (κ3) is 3.49. The SMILES string of the molecule is Cc1cc(NC(=O)NCc2nnc3n2CC(C(F)(F)F)CC3)no1. The van der Waals surface area contributed by atoms with Gasteiger partial charge in [0.15, 0.2) is 11.6 Å². The number of nitrogens with one attached hydrogen (secondary N) is 2. The zero-order valence-electron chi connectivity index (χ0n) is 12.7. The minimum absolute atomic E-state index is 0.00105. The third-order valence-electron chi connectivity index (χ3n) is 3.76. The average molecular weight is 344 g/mol. The van der Waals surface area contributed by atoms with Crippen LogP contribution >= 0.6 is 0 Å². The van der Waals surface area contributed by atoms with Crippen molar-refractivity contribution in [2.75, 3.05) is 5.32 Å². The van der Waals surface area contributed by atoms with Gasteiger partial charge in [0.2, 0.25) is 0 Å². The first-order valence-corrected chi connectivity index (χ1v) is 7.29. The van der Waals surface area contributed by atoms with Gasteiger partial charge in [-0.3, -0.25) is 5.32 Å². The molecular formula is C13H15F3N6O2. The lowest BCUT2D eigenvalue weighted by molar-refractivity contribution is -0.182. The van der Waals surface area contributed by atoms with Crippen molar-refractivity contribution in [1.29, 1.82) is 0 Å². The smallest absolute Gasteiger partial charge is 0.360 e. The van der Waals surface area contributed by atoms with E-state index in [0.29, 0.717) is 11.6 Å². The van der Waals surface area contributed by atoms with E-state index in [-0.39, 0.29) is 37.6 Å². The number of rotatable bonds is 3. The maximum atomic E-state index is 12.9. The zero-order chi connectivity index (χ0) is 17.3. The quantitative estimate of drug-likeness (QED) is 0.888. The third-order valence-corrected chi connectivity index (χ3v) is 3.76. The van der Waals surface area contributed by atoms with Crippen LogP contribution in [0.3, 0.4) is 0 Å². The number of nitrogens with zero attached hydrogens (tertiary/aromatic N) is 4. The molecule has 1 unspecified atom stereocenters. The predicted molar refractivity (Wildman–Crippen MR) is 75.0 cm³/mol. The molecule has 2 N–H and O–H groups in total. The lowest BCUT2D eigenvalue weighted by Crippen LogP contribution is -2.34. The van der Waals surface area contributed by atoms with Crippen molar-refractivity contribution in [1.82, 2.24) is 25.2 Å². The largest absolute Gasteiger partial charge is 0.393 e. The maximum absolute atomic E-state index is 12.9. The molecule has 2 amide bonds. The Bertz CT molecular complexity index is 738. The molecule has 3 rings (SSSR count). The molecule has 0 saturated heterocycles. The van der Waals surface area contributed by atoms with Crippen molar-refractivity contribution >= 4 is 11.8 Å². The standard InChI is InChI=1S/C13H15F3N6O2/c1-7-4-9(21-24-7)18-12(23)17-5-11-20-19-10-3-2-8(6-22(10)11)13(14,15)16/h4,8H,2-3,5-6H2,1H3,(H2,17,18,21,23). The molecule has 2 aromatic rings. The molecule has 1 aliphatic rings. The molecule has 0 aliphatic carbocycles. The summed E-state index contributed by atoms with van der Waals surface area (Å²) in [6.07, 6.45) is -4.04. The number of halogens is 3. The highest BCUT2D eigenvalue weighted by molar-refractivity contribution is 5.87. The van der Waals surface area contributed by atoms with Crippen molar-refractivity contribution < 1.29 is 22.5 Å². The van der Waals surface area contributed by atoms with Gasteiger partial charge in [-0.25, -0.2) is 4.79 Å². The maximum Gasteiger partial charge on any atom is 0.393 e. The number of urea groups is 1. The van der Waals surface area contributed by atoms with E-state index in [2.05, 4.69) is 26.0 Å². The number of anilines is 1. The normalized spacial score (nSPS) is 17.4. The molecule has 0 aromatic carbocycles. The van der Waals surface area contributed by atoms with Crippen LogP contribution in [0.2, 0.25) is 0 Å². The molecule has 11 heteroatoms. The minimum atomic E-state index is -4.26. The number of carbonyl (C=O) groups is 1. The number of alkyl halides is 3. The first-order chi connectivity index (χ1) is 11.3. The molecule has 8 nitrogen and oxygen atoms in total. The Morgan fingerprint density at radius 2 is 2.25 bits per heavy atom. The molecule has 0 bridgehead atoms. The summed E-state index contributed by atoms with van der Waals surface area (Å²) in [4.78, 5) is 11.8. The Balaban J connectivity index is 1.61. The predicted octanol–water partition coefficient (Wildman–Crippen LogP) is 2.02. The fourth-order valence-electron chi connectivity index (χ4n) is 2.53. The molecule has 0 spiro atoms. The van der Waals surface area contributed by atoms with Crippen LogP contribution in [0, 0.1) is 12.8 Å². The number of hydrogen-bond acceptors (Lipinski definition) is 5. The highest BCUT2D eigenvalue weighted by Crippen LogP contribution is 2.34. The van der Waals surface area contributed by atoms with Gasteiger partial charge < -0.3 is 14.4 Å². The second kappa shape index (κ2) is 6.13. The second-order valence-electron chi connectivity index (χ2n) is 5.55. The van der Waals surface area contributed by atoms with E-state index in [9.17, 15) is 18.0 Å². The van der Waals surface area contributed by atoms with E-state index < -0.39 is 18.1 Å². The van der Waals surface area contributed by atoms with Crippen molar-refractivity contribution in [2.24, 2.45) is 5.92 Å². The van der Waals surface area contributed by atoms with E-state index in [1.165, 1.54) is 10.6 Å². The fraction of sp³-hybridized carbons (Fsp3) is 0.538. The highest BCUT2D eigenvalue weighted by Gasteiger charge is 2.42. The average Bonchev–Trinajstić information content (AvgIpc) is 3.10. The van der Waals surface area contributed by atoms with Gasteiger partial charge in [-0.1, -0.05) is 5.16 Å². The molecule has 3 heterocycles. The summed E-state index contributed by atoms with van der Waals surface area (Å²) in [5.41, 5.74) is 0. The van der Waals surface area contributed by atoms with Crippen molar-refractivity contribution in [2.45, 2.75) is 39.0 Å². The van der Waals surface area contributed by atoms with Crippen molar-refractivity contribution in [3.8, 4) is 0 Å². The van der Waals surface area contributed by atoms with Gasteiger partial charge in [-0.2, -0.15) is 13.2 Å². The van der Waals surface area contributed by atoms with Crippen LogP contribution in [0.25, 0.3) is 0 Å². The van der Waals surface area contributed by atoms with Gasteiger partial charge in [0, 0.05) is 19.0 Å². The van der Waals surface area contributed by atoms with Gasteiger partial charge in [0.25, 0.3) is 0 Å². The van der Waals surface area contributed by atoms with Crippen LogP contribution in [-0.4, -0.2) is 32.1 Å². The Hall–Kier alpha value is -2.59. The molecule has 1 atom stereocenters. The molecule has 24 heavy (non-hydrogen) atoms. The topological polar surface area (TPSA) is 97.9 Å². The summed E-state index contributed by atoms with van der Waals surface area (Å²) in [6, 6.07) is 0.968. The molecule has 2 aromatic heterocycles. The van der Waals surface area contributed by atoms with Gasteiger partial charge in [-0.05, 0) is 13.3 Å². The van der Waals surface area contributed by atoms with Crippen LogP contribution in [0.5, 0.6) is 0 Å². The summed E-state index contributed by atoms with van der Waals surface area (Å²) in [6.45, 7) is 1.41. The summed E-state index contributed by atoms with van der Waals surface area (Å²) < 4.78 is 44.9. The number of aryl methyl sites for hydroxylation is 2. The molecule has 0 fully saturated rings. The minimum Gasteiger partial charge on any atom is -0.360 e. The Morgan fingerprint density at radius 1 is 1.46 bits per heavy atom. The summed E-state index contributed by atoms with van der Waals surface area (Å²) in [5.74, 6) is 0.136. The van der Waals surface area contributed by atoms with Crippen LogP contribution in [0.15, 0.2) is 10.6 Å². The highest BCUT2D eigenvalue weighted by atomic mass is 19.4. The van der Waals surface area contributed by atoms with Crippen LogP contribution in [0.1, 0.15) is 23.8 Å². The van der Waals surface area contributed by atoms with Crippen LogP contribution in [0.4, 0.5) is 23.8 Å². The first kappa shape index (κ1) is 16.3. The number of hydrogen-bond donors (Lipinski definition) is 2.